The van der Waals surface area contributed by atoms with Crippen LogP contribution in [-0.2, 0) is 4.79 Å². The zero-order valence-electron chi connectivity index (χ0n) is 10.6. The molecule has 0 atom stereocenters. The number of nitrogens with one attached hydrogen (secondary N) is 1. The molecule has 0 aliphatic carbocycles. The third-order valence-electron chi connectivity index (χ3n) is 2.47. The number of carbonyl (C=O) groups is 2. The van der Waals surface area contributed by atoms with Crippen LogP contribution >= 0.6 is 0 Å². The van der Waals surface area contributed by atoms with Gasteiger partial charge in [0, 0.05) is 0 Å². The maximum atomic E-state index is 11.6. The van der Waals surface area contributed by atoms with Crippen molar-refractivity contribution < 1.29 is 14.7 Å². The van der Waals surface area contributed by atoms with Crippen LogP contribution < -0.4 is 5.32 Å². The van der Waals surface area contributed by atoms with Gasteiger partial charge in [0.05, 0.1) is 0 Å². The Bertz CT molecular complexity index is 634. The van der Waals surface area contributed by atoms with Gasteiger partial charge >= 0.3 is 116 Å². The Morgan fingerprint density at radius 3 is 2.68 bits per heavy atom. The van der Waals surface area contributed by atoms with Gasteiger partial charge < -0.3 is 0 Å². The van der Waals surface area contributed by atoms with Gasteiger partial charge in [-0.3, -0.25) is 0 Å². The van der Waals surface area contributed by atoms with Crippen molar-refractivity contribution in [1.29, 1.82) is 0 Å². The summed E-state index contributed by atoms with van der Waals surface area (Å²) in [5, 5.41) is 12.7. The summed E-state index contributed by atoms with van der Waals surface area (Å²) >= 11 is -0.145. The zero-order valence-corrected chi connectivity index (χ0v) is 12.3. The van der Waals surface area contributed by atoms with Gasteiger partial charge in [-0.2, -0.15) is 0 Å². The van der Waals surface area contributed by atoms with Gasteiger partial charge in [0.25, 0.3) is 0 Å². The van der Waals surface area contributed by atoms with Gasteiger partial charge in [0.15, 0.2) is 0 Å². The molecule has 1 amide bonds. The van der Waals surface area contributed by atoms with Crippen molar-refractivity contribution in [2.75, 3.05) is 26.0 Å². The molecule has 0 saturated heterocycles. The van der Waals surface area contributed by atoms with Gasteiger partial charge in [-0.15, -0.1) is 0 Å². The number of aromatic carboxylic acids is 1. The fourth-order valence-electron chi connectivity index (χ4n) is 1.71. The van der Waals surface area contributed by atoms with E-state index in [0.717, 1.165) is 9.65 Å². The quantitative estimate of drug-likeness (QED) is 0.826. The van der Waals surface area contributed by atoms with E-state index in [9.17, 15) is 9.59 Å². The minimum absolute atomic E-state index is 0.0871. The molecule has 5 nitrogen and oxygen atoms in total. The fourth-order valence-corrected chi connectivity index (χ4v) is 3.56. The molecule has 2 rings (SSSR count). The third-order valence-corrected chi connectivity index (χ3v) is 4.79. The van der Waals surface area contributed by atoms with Gasteiger partial charge in [-0.05, 0) is 0 Å². The molecule has 0 bridgehead atoms. The molecular weight excluding hydrogens is 311 g/mol. The summed E-state index contributed by atoms with van der Waals surface area (Å²) in [4.78, 5) is 24.3. The number of benzene rings is 1. The minimum atomic E-state index is -0.866. The number of carboxylic acids is 1. The normalized spacial score (nSPS) is 10.9. The average molecular weight is 325 g/mol. The standard InChI is InChI=1S/C13H14N2O3Se/c1-15(2)7-12(16)14-9-3-4-10-8(5-9)6-11(19-10)13(17)18/h3-6H,7H2,1-2H3,(H,14,16)(H,17,18). The molecule has 0 aliphatic heterocycles. The van der Waals surface area contributed by atoms with E-state index in [-0.39, 0.29) is 20.4 Å². The number of nitrogens with zero attached hydrogens (tertiary/aromatic N) is 1. The first kappa shape index (κ1) is 13.8. The molecule has 0 unspecified atom stereocenters. The first-order valence-corrected chi connectivity index (χ1v) is 7.38. The summed E-state index contributed by atoms with van der Waals surface area (Å²) in [6.45, 7) is 0.317. The van der Waals surface area contributed by atoms with Crippen LogP contribution in [-0.4, -0.2) is 57.0 Å². The second-order valence-corrected chi connectivity index (χ2v) is 6.73. The van der Waals surface area contributed by atoms with E-state index in [1.165, 1.54) is 0 Å². The molecule has 2 N–H and O–H groups in total. The van der Waals surface area contributed by atoms with E-state index in [0.29, 0.717) is 16.7 Å². The molecule has 0 fully saturated rings. The third kappa shape index (κ3) is 3.44. The van der Waals surface area contributed by atoms with Crippen molar-refractivity contribution in [2.45, 2.75) is 0 Å². The Morgan fingerprint density at radius 2 is 2.05 bits per heavy atom. The summed E-state index contributed by atoms with van der Waals surface area (Å²) in [7, 11) is 3.65. The number of carboxylic acid groups (broad SMARTS) is 1. The van der Waals surface area contributed by atoms with E-state index in [4.69, 9.17) is 5.11 Å². The molecule has 0 saturated carbocycles. The van der Waals surface area contributed by atoms with E-state index < -0.39 is 5.97 Å². The monoisotopic (exact) mass is 326 g/mol. The number of amides is 1. The first-order valence-electron chi connectivity index (χ1n) is 5.67. The second-order valence-electron chi connectivity index (χ2n) is 4.45. The molecule has 100 valence electrons. The SMILES string of the molecule is CN(C)CC(=O)Nc1ccc2[se]c(C(=O)O)cc2c1. The number of carbonyl (C=O) groups excluding carboxylic acids is 1. The van der Waals surface area contributed by atoms with Crippen LogP contribution in [0.25, 0.3) is 9.65 Å². The molecule has 1 heterocycles. The first-order chi connectivity index (χ1) is 8.95. The van der Waals surface area contributed by atoms with E-state index >= 15 is 0 Å². The van der Waals surface area contributed by atoms with Gasteiger partial charge in [-0.25, -0.2) is 0 Å². The van der Waals surface area contributed by atoms with Crippen LogP contribution in [0.4, 0.5) is 5.69 Å². The van der Waals surface area contributed by atoms with E-state index in [2.05, 4.69) is 5.32 Å². The van der Waals surface area contributed by atoms with Crippen LogP contribution in [0, 0.1) is 0 Å². The number of likely N-dealkylation sites (N-methyl/N-ethyl adjacent to an activating group) is 1. The summed E-state index contributed by atoms with van der Waals surface area (Å²) in [5.41, 5.74) is 0.698. The number of hydrogen-bond donors (Lipinski definition) is 2. The Kier molecular flexibility index (Phi) is 4.04. The number of rotatable bonds is 4. The van der Waals surface area contributed by atoms with Crippen LogP contribution in [0.2, 0.25) is 0 Å². The second kappa shape index (κ2) is 5.57. The Labute approximate surface area is 116 Å². The Hall–Kier alpha value is -1.62. The molecule has 2 aromatic rings. The van der Waals surface area contributed by atoms with Crippen LogP contribution in [0.1, 0.15) is 9.23 Å². The van der Waals surface area contributed by atoms with Crippen molar-refractivity contribution in [3.8, 4) is 0 Å². The molecule has 6 heteroatoms. The van der Waals surface area contributed by atoms with Gasteiger partial charge in [0.2, 0.25) is 0 Å². The molecule has 1 aromatic heterocycles. The van der Waals surface area contributed by atoms with Crippen molar-refractivity contribution in [2.24, 2.45) is 0 Å². The summed E-state index contributed by atoms with van der Waals surface area (Å²) in [6, 6.07) is 7.19. The topological polar surface area (TPSA) is 69.6 Å². The summed E-state index contributed by atoms with van der Waals surface area (Å²) in [6.07, 6.45) is 0. The number of hydrogen-bond acceptors (Lipinski definition) is 3. The van der Waals surface area contributed by atoms with E-state index in [1.54, 1.807) is 11.0 Å². The van der Waals surface area contributed by atoms with Crippen molar-refractivity contribution >= 4 is 41.7 Å². The van der Waals surface area contributed by atoms with E-state index in [1.807, 2.05) is 32.3 Å². The maximum absolute atomic E-state index is 11.6. The Balaban J connectivity index is 2.21. The zero-order chi connectivity index (χ0) is 14.0. The van der Waals surface area contributed by atoms with Crippen LogP contribution in [0.3, 0.4) is 0 Å². The number of fused-ring (bicyclic) bond motifs is 1. The molecular formula is C13H14N2O3Se. The molecule has 0 aliphatic rings. The Morgan fingerprint density at radius 1 is 1.32 bits per heavy atom. The molecule has 0 spiro atoms. The number of anilines is 1. The van der Waals surface area contributed by atoms with Crippen molar-refractivity contribution in [3.63, 3.8) is 0 Å². The van der Waals surface area contributed by atoms with Crippen molar-refractivity contribution in [3.05, 3.63) is 28.7 Å². The molecule has 19 heavy (non-hydrogen) atoms. The predicted molar refractivity (Wildman–Crippen MR) is 75.0 cm³/mol. The van der Waals surface area contributed by atoms with Crippen LogP contribution in [0.5, 0.6) is 0 Å². The average Bonchev–Trinajstić information content (AvgIpc) is 2.70. The summed E-state index contributed by atoms with van der Waals surface area (Å²) < 4.78 is 1.48. The van der Waals surface area contributed by atoms with Crippen LogP contribution in [0.15, 0.2) is 24.3 Å². The van der Waals surface area contributed by atoms with Crippen molar-refractivity contribution in [1.82, 2.24) is 4.90 Å². The van der Waals surface area contributed by atoms with Gasteiger partial charge in [0.1, 0.15) is 0 Å². The fraction of sp³-hybridized carbons (Fsp3) is 0.231. The molecule has 1 aromatic carbocycles. The predicted octanol–water partition coefficient (Wildman–Crippen LogP) is 1.10. The van der Waals surface area contributed by atoms with Gasteiger partial charge in [-0.1, -0.05) is 0 Å². The molecule has 0 radical (unpaired) electrons. The summed E-state index contributed by atoms with van der Waals surface area (Å²) in [5.74, 6) is -0.953.